The van der Waals surface area contributed by atoms with E-state index in [-0.39, 0.29) is 55.7 Å². The van der Waals surface area contributed by atoms with Crippen LogP contribution in [0, 0.1) is 12.0 Å². The molecule has 0 amide bonds. The zero-order valence-corrected chi connectivity index (χ0v) is 12.5. The first-order valence-electron chi connectivity index (χ1n) is 3.55. The van der Waals surface area contributed by atoms with E-state index in [1.807, 2.05) is 0 Å². The van der Waals surface area contributed by atoms with Crippen LogP contribution in [0.3, 0.4) is 0 Å². The average Bonchev–Trinajstić information content (AvgIpc) is 2.15. The quantitative estimate of drug-likeness (QED) is 0.532. The van der Waals surface area contributed by atoms with Crippen molar-refractivity contribution < 1.29 is 21.7 Å². The summed E-state index contributed by atoms with van der Waals surface area (Å²) in [4.78, 5) is 0. The second kappa shape index (κ2) is 10.2. The minimum Gasteiger partial charge on any atom is -0.269 e. The summed E-state index contributed by atoms with van der Waals surface area (Å²) in [6, 6.07) is 0. The molecule has 1 aliphatic rings. The third-order valence-corrected chi connectivity index (χ3v) is 1.39. The van der Waals surface area contributed by atoms with Gasteiger partial charge in [0.25, 0.3) is 0 Å². The number of rotatable bonds is 2. The Morgan fingerprint density at radius 3 is 2.33 bits per heavy atom. The molecule has 0 unspecified atom stereocenters. The van der Waals surface area contributed by atoms with Gasteiger partial charge in [-0.3, -0.25) is 6.08 Å². The van der Waals surface area contributed by atoms with Crippen LogP contribution in [0.5, 0.6) is 0 Å². The minimum atomic E-state index is 0. The molecule has 0 N–H and O–H groups in total. The van der Waals surface area contributed by atoms with Gasteiger partial charge in [-0.05, 0) is 5.92 Å². The second-order valence-corrected chi connectivity index (χ2v) is 2.91. The fraction of sp³-hybridized carbons (Fsp3) is 0.556. The molecule has 0 aromatic heterocycles. The summed E-state index contributed by atoms with van der Waals surface area (Å²) in [7, 11) is 0. The molecule has 0 saturated carbocycles. The van der Waals surface area contributed by atoms with Gasteiger partial charge >= 0.3 is 0 Å². The zero-order valence-electron chi connectivity index (χ0n) is 7.46. The van der Waals surface area contributed by atoms with Crippen LogP contribution in [0.2, 0.25) is 0 Å². The van der Waals surface area contributed by atoms with E-state index in [1.165, 1.54) is 12.0 Å². The van der Waals surface area contributed by atoms with Crippen molar-refractivity contribution in [3.8, 4) is 0 Å². The van der Waals surface area contributed by atoms with Gasteiger partial charge in [0.1, 0.15) is 0 Å². The Morgan fingerprint density at radius 1 is 1.42 bits per heavy atom. The van der Waals surface area contributed by atoms with Crippen molar-refractivity contribution in [3.05, 3.63) is 23.8 Å². The molecule has 1 aliphatic carbocycles. The molecule has 3 heteroatoms. The van der Waals surface area contributed by atoms with Gasteiger partial charge < -0.3 is 0 Å². The van der Waals surface area contributed by atoms with E-state index in [2.05, 4.69) is 32.1 Å². The van der Waals surface area contributed by atoms with Gasteiger partial charge in [0.05, 0.1) is 0 Å². The first-order valence-corrected chi connectivity index (χ1v) is 3.55. The topological polar surface area (TPSA) is 0 Å². The van der Waals surface area contributed by atoms with Crippen molar-refractivity contribution in [2.24, 2.45) is 5.92 Å². The molecular weight excluding hydrogens is 316 g/mol. The van der Waals surface area contributed by atoms with Crippen LogP contribution in [0.4, 0.5) is 0 Å². The summed E-state index contributed by atoms with van der Waals surface area (Å²) in [5, 5.41) is 0. The Hall–Kier alpha value is 1.15. The van der Waals surface area contributed by atoms with Gasteiger partial charge in [0.2, 0.25) is 0 Å². The number of hydrogen-bond donors (Lipinski definition) is 0. The molecule has 0 heterocycles. The molecule has 0 saturated heterocycles. The molecule has 70 valence electrons. The monoisotopic (exact) mass is 329 g/mol. The summed E-state index contributed by atoms with van der Waals surface area (Å²) in [6.07, 6.45) is 9.86. The number of allylic oxidation sites excluding steroid dienone is 4. The fourth-order valence-corrected chi connectivity index (χ4v) is 1.03. The van der Waals surface area contributed by atoms with Gasteiger partial charge in [0, 0.05) is 21.7 Å². The molecular formula is C9H15Br2Ti-. The molecule has 0 spiro atoms. The van der Waals surface area contributed by atoms with Crippen LogP contribution in [-0.2, 0) is 21.7 Å². The van der Waals surface area contributed by atoms with Crippen LogP contribution < -0.4 is 0 Å². The van der Waals surface area contributed by atoms with Gasteiger partial charge in [-0.2, -0.15) is 6.08 Å². The third-order valence-electron chi connectivity index (χ3n) is 1.39. The summed E-state index contributed by atoms with van der Waals surface area (Å²) in [6.45, 7) is 4.47. The summed E-state index contributed by atoms with van der Waals surface area (Å²) < 4.78 is 0. The summed E-state index contributed by atoms with van der Waals surface area (Å²) in [5.74, 6) is 0.773. The van der Waals surface area contributed by atoms with Crippen molar-refractivity contribution in [1.82, 2.24) is 0 Å². The van der Waals surface area contributed by atoms with Crippen molar-refractivity contribution in [2.45, 2.75) is 26.7 Å². The van der Waals surface area contributed by atoms with E-state index < -0.39 is 0 Å². The van der Waals surface area contributed by atoms with Crippen LogP contribution in [0.25, 0.3) is 0 Å². The van der Waals surface area contributed by atoms with Crippen molar-refractivity contribution in [1.29, 1.82) is 0 Å². The summed E-state index contributed by atoms with van der Waals surface area (Å²) in [5.41, 5.74) is 1.39. The Morgan fingerprint density at radius 2 is 2.00 bits per heavy atom. The van der Waals surface area contributed by atoms with Crippen molar-refractivity contribution in [3.63, 3.8) is 0 Å². The van der Waals surface area contributed by atoms with Crippen LogP contribution in [0.15, 0.2) is 17.7 Å². The molecule has 0 atom stereocenters. The van der Waals surface area contributed by atoms with Gasteiger partial charge in [-0.1, -0.05) is 20.3 Å². The average molecular weight is 331 g/mol. The van der Waals surface area contributed by atoms with Gasteiger partial charge in [-0.25, -0.2) is 11.6 Å². The van der Waals surface area contributed by atoms with E-state index in [0.29, 0.717) is 0 Å². The maximum absolute atomic E-state index is 3.29. The SMILES string of the molecule is Br.Br.CC(C)CC1=[C-]CC=C1.[Ti]. The van der Waals surface area contributed by atoms with E-state index in [4.69, 9.17) is 0 Å². The number of hydrogen-bond acceptors (Lipinski definition) is 0. The molecule has 0 bridgehead atoms. The Kier molecular flexibility index (Phi) is 16.1. The Balaban J connectivity index is -0.000000270. The minimum absolute atomic E-state index is 0. The normalized spacial score (nSPS) is 12.8. The predicted molar refractivity (Wildman–Crippen MR) is 60.6 cm³/mol. The smallest absolute Gasteiger partial charge is 0 e. The molecule has 0 fully saturated rings. The maximum atomic E-state index is 3.29. The number of halogens is 2. The summed E-state index contributed by atoms with van der Waals surface area (Å²) >= 11 is 0. The Labute approximate surface area is 111 Å². The van der Waals surface area contributed by atoms with E-state index >= 15 is 0 Å². The zero-order chi connectivity index (χ0) is 6.69. The third kappa shape index (κ3) is 7.79. The standard InChI is InChI=1S/C9H13.2BrH.Ti/c1-8(2)7-9-5-3-4-6-9;;;/h3,5,8H,4,7H2,1-2H3;2*1H;/q-1;;;. The fourth-order valence-electron chi connectivity index (χ4n) is 1.03. The van der Waals surface area contributed by atoms with Crippen LogP contribution >= 0.6 is 34.0 Å². The Bertz CT molecular complexity index is 151. The molecule has 0 aliphatic heterocycles. The molecule has 0 aromatic rings. The van der Waals surface area contributed by atoms with Gasteiger partial charge in [-0.15, -0.1) is 40.4 Å². The van der Waals surface area contributed by atoms with Gasteiger partial charge in [0.15, 0.2) is 0 Å². The molecule has 12 heavy (non-hydrogen) atoms. The van der Waals surface area contributed by atoms with Crippen molar-refractivity contribution in [2.75, 3.05) is 0 Å². The largest absolute Gasteiger partial charge is 0.269 e. The van der Waals surface area contributed by atoms with E-state index in [1.54, 1.807) is 0 Å². The van der Waals surface area contributed by atoms with Crippen molar-refractivity contribution >= 4 is 34.0 Å². The van der Waals surface area contributed by atoms with Crippen LogP contribution in [-0.4, -0.2) is 0 Å². The predicted octanol–water partition coefficient (Wildman–Crippen LogP) is 3.88. The maximum Gasteiger partial charge on any atom is 0 e. The molecule has 1 rings (SSSR count). The second-order valence-electron chi connectivity index (χ2n) is 2.91. The molecule has 0 aromatic carbocycles. The van der Waals surface area contributed by atoms with Crippen LogP contribution in [0.1, 0.15) is 26.7 Å². The first kappa shape index (κ1) is 18.8. The van der Waals surface area contributed by atoms with E-state index in [0.717, 1.165) is 12.3 Å². The molecule has 0 nitrogen and oxygen atoms in total. The van der Waals surface area contributed by atoms with E-state index in [9.17, 15) is 0 Å². The molecule has 0 radical (unpaired) electrons. The first-order chi connectivity index (χ1) is 4.29.